The summed E-state index contributed by atoms with van der Waals surface area (Å²) < 4.78 is 0. The third kappa shape index (κ3) is 2.92. The quantitative estimate of drug-likeness (QED) is 0.759. The van der Waals surface area contributed by atoms with Gasteiger partial charge in [0, 0.05) is 24.5 Å². The Hall–Kier alpha value is -1.63. The predicted octanol–water partition coefficient (Wildman–Crippen LogP) is 0.781. The molecule has 1 heterocycles. The molecule has 0 saturated carbocycles. The van der Waals surface area contributed by atoms with Crippen LogP contribution < -0.4 is 5.73 Å². The van der Waals surface area contributed by atoms with Crippen molar-refractivity contribution in [3.05, 3.63) is 34.9 Å². The van der Waals surface area contributed by atoms with E-state index in [0.29, 0.717) is 11.6 Å². The van der Waals surface area contributed by atoms with Crippen LogP contribution in [0.3, 0.4) is 0 Å². The zero-order valence-electron chi connectivity index (χ0n) is 10.6. The Labute approximate surface area is 120 Å². The second-order valence-corrected chi connectivity index (χ2v) is 5.49. The minimum Gasteiger partial charge on any atom is -0.480 e. The highest BCUT2D eigenvalue weighted by atomic mass is 35.5. The van der Waals surface area contributed by atoms with Crippen LogP contribution in [0.2, 0.25) is 5.02 Å². The fourth-order valence-electron chi connectivity index (χ4n) is 2.45. The van der Waals surface area contributed by atoms with Crippen molar-refractivity contribution >= 4 is 23.5 Å². The maximum Gasteiger partial charge on any atom is 0.325 e. The second kappa shape index (κ2) is 5.40. The molecule has 1 aromatic carbocycles. The molecule has 1 aliphatic rings. The van der Waals surface area contributed by atoms with E-state index >= 15 is 0 Å². The summed E-state index contributed by atoms with van der Waals surface area (Å²) in [6.45, 7) is 0.287. The van der Waals surface area contributed by atoms with Gasteiger partial charge >= 0.3 is 11.9 Å². The normalized spacial score (nSPS) is 26.6. The van der Waals surface area contributed by atoms with E-state index in [9.17, 15) is 14.7 Å². The lowest BCUT2D eigenvalue weighted by Crippen LogP contribution is -2.50. The molecule has 1 aromatic rings. The first-order chi connectivity index (χ1) is 9.32. The molecule has 20 heavy (non-hydrogen) atoms. The molecular formula is C13H15ClN2O4. The van der Waals surface area contributed by atoms with Crippen molar-refractivity contribution in [2.75, 3.05) is 6.54 Å². The molecule has 0 bridgehead atoms. The molecule has 0 amide bonds. The fourth-order valence-corrected chi connectivity index (χ4v) is 2.66. The summed E-state index contributed by atoms with van der Waals surface area (Å²) in [5.41, 5.74) is 5.07. The van der Waals surface area contributed by atoms with Crippen LogP contribution >= 0.6 is 11.6 Å². The van der Waals surface area contributed by atoms with Gasteiger partial charge < -0.3 is 15.9 Å². The zero-order valence-corrected chi connectivity index (χ0v) is 11.4. The van der Waals surface area contributed by atoms with Crippen molar-refractivity contribution in [3.8, 4) is 0 Å². The van der Waals surface area contributed by atoms with Crippen LogP contribution in [0.5, 0.6) is 0 Å². The van der Waals surface area contributed by atoms with Crippen molar-refractivity contribution in [3.63, 3.8) is 0 Å². The number of benzene rings is 1. The molecule has 0 radical (unpaired) electrons. The van der Waals surface area contributed by atoms with Gasteiger partial charge in [-0.1, -0.05) is 23.7 Å². The van der Waals surface area contributed by atoms with Crippen LogP contribution in [0.15, 0.2) is 24.3 Å². The average Bonchev–Trinajstić information content (AvgIpc) is 2.68. The number of halogens is 1. The number of rotatable bonds is 4. The minimum absolute atomic E-state index is 0.00812. The third-order valence-electron chi connectivity index (χ3n) is 3.47. The summed E-state index contributed by atoms with van der Waals surface area (Å²) >= 11 is 5.88. The van der Waals surface area contributed by atoms with E-state index in [1.165, 1.54) is 0 Å². The predicted molar refractivity (Wildman–Crippen MR) is 72.5 cm³/mol. The molecule has 1 saturated heterocycles. The highest BCUT2D eigenvalue weighted by Gasteiger charge is 2.49. The van der Waals surface area contributed by atoms with Crippen molar-refractivity contribution in [2.24, 2.45) is 5.73 Å². The zero-order chi connectivity index (χ0) is 14.9. The van der Waals surface area contributed by atoms with Gasteiger partial charge in [-0.05, 0) is 17.7 Å². The summed E-state index contributed by atoms with van der Waals surface area (Å²) in [6.07, 6.45) is -0.113. The van der Waals surface area contributed by atoms with Gasteiger partial charge in [0.2, 0.25) is 0 Å². The summed E-state index contributed by atoms with van der Waals surface area (Å²) in [4.78, 5) is 24.0. The molecule has 6 nitrogen and oxygen atoms in total. The summed E-state index contributed by atoms with van der Waals surface area (Å²) in [6, 6.07) is 6.10. The van der Waals surface area contributed by atoms with Gasteiger partial charge in [-0.25, -0.2) is 0 Å². The van der Waals surface area contributed by atoms with E-state index in [1.54, 1.807) is 23.1 Å². The van der Waals surface area contributed by atoms with Crippen LogP contribution in [0.25, 0.3) is 0 Å². The molecule has 1 aliphatic heterocycles. The van der Waals surface area contributed by atoms with Gasteiger partial charge in [0.05, 0.1) is 0 Å². The van der Waals surface area contributed by atoms with Gasteiger partial charge in [0.15, 0.2) is 0 Å². The highest BCUT2D eigenvalue weighted by molar-refractivity contribution is 6.30. The van der Waals surface area contributed by atoms with Crippen molar-refractivity contribution < 1.29 is 19.8 Å². The molecule has 108 valence electrons. The van der Waals surface area contributed by atoms with Gasteiger partial charge in [-0.15, -0.1) is 0 Å². The molecule has 7 heteroatoms. The molecule has 0 aliphatic carbocycles. The second-order valence-electron chi connectivity index (χ2n) is 5.05. The lowest BCUT2D eigenvalue weighted by Gasteiger charge is -2.21. The Morgan fingerprint density at radius 3 is 2.70 bits per heavy atom. The Kier molecular flexibility index (Phi) is 3.99. The Balaban J connectivity index is 2.21. The SMILES string of the molecule is N[C@]1(C(=O)O)C[C@H](C(=O)O)N(Cc2cccc(Cl)c2)C1. The number of nitrogens with two attached hydrogens (primary N) is 1. The third-order valence-corrected chi connectivity index (χ3v) is 3.70. The number of nitrogens with zero attached hydrogens (tertiary/aromatic N) is 1. The summed E-state index contributed by atoms with van der Waals surface area (Å²) in [7, 11) is 0. The fraction of sp³-hybridized carbons (Fsp3) is 0.385. The van der Waals surface area contributed by atoms with Crippen molar-refractivity contribution in [2.45, 2.75) is 24.5 Å². The molecule has 0 spiro atoms. The van der Waals surface area contributed by atoms with E-state index in [-0.39, 0.29) is 13.0 Å². The van der Waals surface area contributed by atoms with Crippen LogP contribution in [0, 0.1) is 0 Å². The first-order valence-corrected chi connectivity index (χ1v) is 6.43. The number of likely N-dealkylation sites (tertiary alicyclic amines) is 1. The molecule has 0 unspecified atom stereocenters. The van der Waals surface area contributed by atoms with Crippen LogP contribution in [0.4, 0.5) is 0 Å². The summed E-state index contributed by atoms with van der Waals surface area (Å²) in [5, 5.41) is 18.9. The van der Waals surface area contributed by atoms with Crippen LogP contribution in [0.1, 0.15) is 12.0 Å². The van der Waals surface area contributed by atoms with Crippen molar-refractivity contribution in [1.29, 1.82) is 0 Å². The van der Waals surface area contributed by atoms with Crippen LogP contribution in [-0.4, -0.2) is 45.2 Å². The lowest BCUT2D eigenvalue weighted by atomic mass is 9.98. The van der Waals surface area contributed by atoms with Crippen LogP contribution in [-0.2, 0) is 16.1 Å². The first-order valence-electron chi connectivity index (χ1n) is 6.05. The number of hydrogen-bond donors (Lipinski definition) is 3. The largest absolute Gasteiger partial charge is 0.480 e. The van der Waals surface area contributed by atoms with E-state index in [2.05, 4.69) is 0 Å². The smallest absolute Gasteiger partial charge is 0.325 e. The standard InChI is InChI=1S/C13H15ClN2O4/c14-9-3-1-2-8(4-9)6-16-7-13(15,12(19)20)5-10(16)11(17)18/h1-4,10H,5-7,15H2,(H,17,18)(H,19,20)/t10-,13-/m1/s1. The number of carbonyl (C=O) groups is 2. The van der Waals surface area contributed by atoms with Gasteiger partial charge in [-0.3, -0.25) is 14.5 Å². The van der Waals surface area contributed by atoms with Gasteiger partial charge in [-0.2, -0.15) is 0 Å². The Morgan fingerprint density at radius 1 is 1.45 bits per heavy atom. The van der Waals surface area contributed by atoms with Gasteiger partial charge in [0.1, 0.15) is 11.6 Å². The maximum absolute atomic E-state index is 11.3. The van der Waals surface area contributed by atoms with E-state index in [1.807, 2.05) is 6.07 Å². The van der Waals surface area contributed by atoms with E-state index < -0.39 is 23.5 Å². The minimum atomic E-state index is -1.53. The highest BCUT2D eigenvalue weighted by Crippen LogP contribution is 2.28. The average molecular weight is 299 g/mol. The monoisotopic (exact) mass is 298 g/mol. The Bertz CT molecular complexity index is 551. The summed E-state index contributed by atoms with van der Waals surface area (Å²) in [5.74, 6) is -2.25. The molecule has 2 rings (SSSR count). The molecule has 4 N–H and O–H groups in total. The van der Waals surface area contributed by atoms with E-state index in [0.717, 1.165) is 5.56 Å². The lowest BCUT2D eigenvalue weighted by molar-refractivity contribution is -0.142. The van der Waals surface area contributed by atoms with Gasteiger partial charge in [0.25, 0.3) is 0 Å². The molecular weight excluding hydrogens is 284 g/mol. The number of hydrogen-bond acceptors (Lipinski definition) is 4. The maximum atomic E-state index is 11.3. The topological polar surface area (TPSA) is 104 Å². The number of carboxylic acid groups (broad SMARTS) is 2. The first kappa shape index (κ1) is 14.8. The number of carboxylic acids is 2. The molecule has 0 aromatic heterocycles. The van der Waals surface area contributed by atoms with E-state index in [4.69, 9.17) is 22.4 Å². The molecule has 1 fully saturated rings. The number of aliphatic carboxylic acids is 2. The Morgan fingerprint density at radius 2 is 2.15 bits per heavy atom. The molecule has 2 atom stereocenters. The van der Waals surface area contributed by atoms with Crippen molar-refractivity contribution in [1.82, 2.24) is 4.90 Å².